The summed E-state index contributed by atoms with van der Waals surface area (Å²) >= 11 is 0. The van der Waals surface area contributed by atoms with E-state index in [1.54, 1.807) is 0 Å². The summed E-state index contributed by atoms with van der Waals surface area (Å²) in [6.45, 7) is 18.6. The van der Waals surface area contributed by atoms with Crippen molar-refractivity contribution in [2.75, 3.05) is 0 Å². The van der Waals surface area contributed by atoms with Gasteiger partial charge in [0.1, 0.15) is 0 Å². The van der Waals surface area contributed by atoms with Gasteiger partial charge in [-0.15, -0.1) is 0 Å². The van der Waals surface area contributed by atoms with Crippen LogP contribution in [0.2, 0.25) is 0 Å². The summed E-state index contributed by atoms with van der Waals surface area (Å²) in [5.74, 6) is 5.17. The first kappa shape index (κ1) is 47.7. The molecule has 0 amide bonds. The lowest BCUT2D eigenvalue weighted by atomic mass is 9.43. The van der Waals surface area contributed by atoms with Crippen molar-refractivity contribution < 1.29 is 30.6 Å². The molecule has 0 aromatic rings. The highest BCUT2D eigenvalue weighted by Crippen LogP contribution is 2.70. The average Bonchev–Trinajstić information content (AvgIpc) is 3.75. The molecule has 20 atom stereocenters. The summed E-state index contributed by atoms with van der Waals surface area (Å²) in [5, 5.41) is 66.0. The van der Waals surface area contributed by atoms with Crippen molar-refractivity contribution in [3.05, 3.63) is 0 Å². The average molecular weight is 841 g/mol. The maximum Gasteiger partial charge on any atom is 0.0653 e. The van der Waals surface area contributed by atoms with E-state index in [1.165, 1.54) is 77.0 Å². The number of hydrogen-bond donors (Lipinski definition) is 6. The van der Waals surface area contributed by atoms with E-state index < -0.39 is 11.2 Å². The lowest BCUT2D eigenvalue weighted by Gasteiger charge is -2.62. The quantitative estimate of drug-likeness (QED) is 0.109. The minimum atomic E-state index is -0.557. The van der Waals surface area contributed by atoms with Crippen LogP contribution in [0, 0.1) is 80.8 Å². The van der Waals surface area contributed by atoms with Gasteiger partial charge in [-0.2, -0.15) is 0 Å². The maximum absolute atomic E-state index is 11.6. The van der Waals surface area contributed by atoms with Crippen molar-refractivity contribution in [1.29, 1.82) is 0 Å². The second-order valence-corrected chi connectivity index (χ2v) is 25.1. The van der Waals surface area contributed by atoms with Crippen LogP contribution in [-0.4, -0.2) is 66.3 Å². The second kappa shape index (κ2) is 18.2. The predicted molar refractivity (Wildman–Crippen MR) is 244 cm³/mol. The Kier molecular flexibility index (Phi) is 14.5. The molecule has 0 aliphatic heterocycles. The summed E-state index contributed by atoms with van der Waals surface area (Å²) in [4.78, 5) is 0. The predicted octanol–water partition coefficient (Wildman–Crippen LogP) is 11.4. The van der Waals surface area contributed by atoms with Crippen LogP contribution in [0.15, 0.2) is 0 Å². The topological polar surface area (TPSA) is 121 Å². The lowest BCUT2D eigenvalue weighted by Crippen LogP contribution is -2.59. The molecule has 8 aliphatic rings. The van der Waals surface area contributed by atoms with Crippen molar-refractivity contribution in [1.82, 2.24) is 0 Å². The Labute approximate surface area is 368 Å². The molecule has 0 aromatic heterocycles. The van der Waals surface area contributed by atoms with Gasteiger partial charge in [0.25, 0.3) is 0 Å². The minimum Gasteiger partial charge on any atom is -0.393 e. The summed E-state index contributed by atoms with van der Waals surface area (Å²) in [5.41, 5.74) is -0.316. The second-order valence-electron chi connectivity index (χ2n) is 25.1. The third kappa shape index (κ3) is 8.52. The molecule has 0 radical (unpaired) electrons. The first-order valence-corrected chi connectivity index (χ1v) is 26.4. The smallest absolute Gasteiger partial charge is 0.0653 e. The van der Waals surface area contributed by atoms with Gasteiger partial charge < -0.3 is 30.6 Å². The molecular formula is C54H96O6. The van der Waals surface area contributed by atoms with Crippen LogP contribution >= 0.6 is 0 Å². The molecular weight excluding hydrogens is 745 g/mol. The highest BCUT2D eigenvalue weighted by Gasteiger charge is 2.65. The third-order valence-corrected chi connectivity index (χ3v) is 21.9. The number of aliphatic hydroxyl groups excluding tert-OH is 4. The molecule has 0 spiro atoms. The van der Waals surface area contributed by atoms with Crippen LogP contribution in [0.5, 0.6) is 0 Å². The normalized spacial score (nSPS) is 50.3. The van der Waals surface area contributed by atoms with E-state index in [4.69, 9.17) is 0 Å². The van der Waals surface area contributed by atoms with Gasteiger partial charge in [-0.25, -0.2) is 0 Å². The van der Waals surface area contributed by atoms with E-state index >= 15 is 0 Å². The van der Waals surface area contributed by atoms with Gasteiger partial charge in [0.05, 0.1) is 35.6 Å². The molecule has 0 bridgehead atoms. The van der Waals surface area contributed by atoms with Gasteiger partial charge in [-0.1, -0.05) is 92.9 Å². The molecule has 6 N–H and O–H groups in total. The fraction of sp³-hybridized carbons (Fsp3) is 1.00. The van der Waals surface area contributed by atoms with Crippen LogP contribution in [-0.2, 0) is 0 Å². The molecule has 60 heavy (non-hydrogen) atoms. The van der Waals surface area contributed by atoms with Gasteiger partial charge in [0.2, 0.25) is 0 Å². The Morgan fingerprint density at radius 3 is 1.13 bits per heavy atom. The van der Waals surface area contributed by atoms with E-state index in [1.807, 2.05) is 0 Å². The van der Waals surface area contributed by atoms with Crippen molar-refractivity contribution >= 4 is 0 Å². The molecule has 8 fully saturated rings. The third-order valence-electron chi connectivity index (χ3n) is 21.9. The van der Waals surface area contributed by atoms with Gasteiger partial charge in [-0.05, 0) is 210 Å². The molecule has 0 heterocycles. The fourth-order valence-electron chi connectivity index (χ4n) is 18.8. The number of rotatable bonds is 12. The van der Waals surface area contributed by atoms with Crippen molar-refractivity contribution in [3.63, 3.8) is 0 Å². The van der Waals surface area contributed by atoms with E-state index in [0.29, 0.717) is 47.3 Å². The zero-order chi connectivity index (χ0) is 43.5. The zero-order valence-corrected chi connectivity index (χ0v) is 40.2. The Morgan fingerprint density at radius 2 is 0.767 bits per heavy atom. The highest BCUT2D eigenvalue weighted by molar-refractivity contribution is 5.15. The first-order valence-electron chi connectivity index (χ1n) is 26.4. The zero-order valence-electron chi connectivity index (χ0n) is 40.2. The monoisotopic (exact) mass is 841 g/mol. The molecule has 8 rings (SSSR count). The number of aliphatic hydroxyl groups is 6. The van der Waals surface area contributed by atoms with Gasteiger partial charge in [0.15, 0.2) is 0 Å². The summed E-state index contributed by atoms with van der Waals surface area (Å²) in [7, 11) is 0. The number of fused-ring (bicyclic) bond motifs is 10. The fourth-order valence-corrected chi connectivity index (χ4v) is 18.8. The Hall–Kier alpha value is -0.240. The number of hydrogen-bond acceptors (Lipinski definition) is 6. The molecule has 6 nitrogen and oxygen atoms in total. The maximum atomic E-state index is 11.6. The molecule has 6 heteroatoms. The molecule has 8 saturated carbocycles. The van der Waals surface area contributed by atoms with Crippen molar-refractivity contribution in [2.24, 2.45) is 80.8 Å². The Bertz CT molecular complexity index is 1310. The SMILES string of the molecule is CCCCCC[C@](C)(O)[C@H]1CCC2C3C[C@H](O)[C@H]4C[C@@H](O)CC[C@]4(C)C3CC[C@@]21C.CCCCCC[C@](C)(O)[C@H]1CC[C@H]2[C@@H]3C[C@H](O)[C@H]4C[C@@H](O)CC[C@]4(C)[C@H]3CC[C@@]21C. The van der Waals surface area contributed by atoms with E-state index in [-0.39, 0.29) is 57.9 Å². The highest BCUT2D eigenvalue weighted by atomic mass is 16.3. The van der Waals surface area contributed by atoms with Crippen LogP contribution in [0.3, 0.4) is 0 Å². The summed E-state index contributed by atoms with van der Waals surface area (Å²) < 4.78 is 0. The van der Waals surface area contributed by atoms with Crippen molar-refractivity contribution in [3.8, 4) is 0 Å². The minimum absolute atomic E-state index is 0.184. The lowest BCUT2D eigenvalue weighted by molar-refractivity contribution is -0.179. The van der Waals surface area contributed by atoms with Crippen molar-refractivity contribution in [2.45, 2.75) is 258 Å². The van der Waals surface area contributed by atoms with Gasteiger partial charge in [0, 0.05) is 0 Å². The van der Waals surface area contributed by atoms with E-state index in [0.717, 1.165) is 89.9 Å². The van der Waals surface area contributed by atoms with E-state index in [2.05, 4.69) is 55.4 Å². The van der Waals surface area contributed by atoms with Crippen LogP contribution in [0.1, 0.15) is 222 Å². The van der Waals surface area contributed by atoms with Crippen LogP contribution in [0.4, 0.5) is 0 Å². The first-order chi connectivity index (χ1) is 28.3. The molecule has 348 valence electrons. The molecule has 3 unspecified atom stereocenters. The van der Waals surface area contributed by atoms with E-state index in [9.17, 15) is 30.6 Å². The molecule has 8 aliphatic carbocycles. The number of unbranched alkanes of at least 4 members (excludes halogenated alkanes) is 6. The van der Waals surface area contributed by atoms with Crippen LogP contribution in [0.25, 0.3) is 0 Å². The Balaban J connectivity index is 0.000000181. The largest absolute Gasteiger partial charge is 0.393 e. The molecule has 0 saturated heterocycles. The summed E-state index contributed by atoms with van der Waals surface area (Å²) in [6.07, 6.45) is 27.8. The molecule has 0 aromatic carbocycles. The standard InChI is InChI=1S/2C27H48O3/c2*1-5-6-7-8-13-27(4,30)24-10-9-20-19-17-23(29)22-16-18(28)11-14-25(22,2)21(19)12-15-26(20,24)3/h2*18-24,28-30H,5-17H2,1-4H3/t18-,19?,20?,21?,22+,23-,24-,25+,26-,27-;18-,19-,20-,21-,22+,23-,24-,25+,26-,27-/m00/s1. The summed E-state index contributed by atoms with van der Waals surface area (Å²) in [6, 6.07) is 0. The van der Waals surface area contributed by atoms with Gasteiger partial charge >= 0.3 is 0 Å². The van der Waals surface area contributed by atoms with Crippen LogP contribution < -0.4 is 0 Å². The van der Waals surface area contributed by atoms with Gasteiger partial charge in [-0.3, -0.25) is 0 Å². The Morgan fingerprint density at radius 1 is 0.417 bits per heavy atom.